The topological polar surface area (TPSA) is 80.9 Å². The van der Waals surface area contributed by atoms with Crippen LogP contribution in [0.1, 0.15) is 10.5 Å². The summed E-state index contributed by atoms with van der Waals surface area (Å²) < 4.78 is 0. The molecule has 0 saturated heterocycles. The van der Waals surface area contributed by atoms with Crippen LogP contribution >= 0.6 is 0 Å². The van der Waals surface area contributed by atoms with Gasteiger partial charge in [0.15, 0.2) is 0 Å². The smallest absolute Gasteiger partial charge is 0.267 e. The third-order valence-electron chi connectivity index (χ3n) is 1.13. The molecule has 58 valence electrons. The SMILES string of the molecule is CNc1nccc(C(N)=O)n1. The number of carbonyl (C=O) groups is 1. The van der Waals surface area contributed by atoms with Gasteiger partial charge in [-0.1, -0.05) is 0 Å². The fourth-order valence-electron chi connectivity index (χ4n) is 0.616. The van der Waals surface area contributed by atoms with Crippen molar-refractivity contribution in [2.75, 3.05) is 12.4 Å². The molecule has 1 heterocycles. The highest BCUT2D eigenvalue weighted by atomic mass is 16.1. The van der Waals surface area contributed by atoms with Crippen molar-refractivity contribution in [3.63, 3.8) is 0 Å². The van der Waals surface area contributed by atoms with Crippen LogP contribution in [0.3, 0.4) is 0 Å². The van der Waals surface area contributed by atoms with E-state index in [1.807, 2.05) is 0 Å². The van der Waals surface area contributed by atoms with E-state index in [-0.39, 0.29) is 5.69 Å². The lowest BCUT2D eigenvalue weighted by Gasteiger charge is -1.97. The predicted molar refractivity (Wildman–Crippen MR) is 40.1 cm³/mol. The van der Waals surface area contributed by atoms with Gasteiger partial charge >= 0.3 is 0 Å². The Kier molecular flexibility index (Phi) is 2.00. The highest BCUT2D eigenvalue weighted by Gasteiger charge is 2.01. The van der Waals surface area contributed by atoms with Crippen molar-refractivity contribution >= 4 is 11.9 Å². The summed E-state index contributed by atoms with van der Waals surface area (Å²) in [4.78, 5) is 18.2. The molecule has 0 unspecified atom stereocenters. The second-order valence-electron chi connectivity index (χ2n) is 1.88. The predicted octanol–water partition coefficient (Wildman–Crippen LogP) is -0.383. The van der Waals surface area contributed by atoms with Gasteiger partial charge in [-0.05, 0) is 6.07 Å². The summed E-state index contributed by atoms with van der Waals surface area (Å²) >= 11 is 0. The standard InChI is InChI=1S/C6H8N4O/c1-8-6-9-3-2-4(10-6)5(7)11/h2-3H,1H3,(H2,7,11)(H,8,9,10). The van der Waals surface area contributed by atoms with Crippen molar-refractivity contribution < 1.29 is 4.79 Å². The average molecular weight is 152 g/mol. The second kappa shape index (κ2) is 2.96. The molecule has 0 fully saturated rings. The summed E-state index contributed by atoms with van der Waals surface area (Å²) in [7, 11) is 1.67. The van der Waals surface area contributed by atoms with Gasteiger partial charge in [0.25, 0.3) is 5.91 Å². The van der Waals surface area contributed by atoms with Crippen molar-refractivity contribution in [1.82, 2.24) is 9.97 Å². The van der Waals surface area contributed by atoms with Crippen LogP contribution in [-0.2, 0) is 0 Å². The van der Waals surface area contributed by atoms with Crippen LogP contribution in [0.4, 0.5) is 5.95 Å². The molecule has 0 aliphatic carbocycles. The van der Waals surface area contributed by atoms with E-state index in [1.165, 1.54) is 12.3 Å². The number of rotatable bonds is 2. The quantitative estimate of drug-likeness (QED) is 0.605. The van der Waals surface area contributed by atoms with Gasteiger partial charge in [-0.3, -0.25) is 4.79 Å². The highest BCUT2D eigenvalue weighted by Crippen LogP contribution is 1.97. The molecule has 0 aromatic carbocycles. The summed E-state index contributed by atoms with van der Waals surface area (Å²) in [6.45, 7) is 0. The number of hydrogen-bond donors (Lipinski definition) is 2. The third-order valence-corrected chi connectivity index (χ3v) is 1.13. The molecule has 0 saturated carbocycles. The van der Waals surface area contributed by atoms with Crippen LogP contribution < -0.4 is 11.1 Å². The molecular weight excluding hydrogens is 144 g/mol. The first kappa shape index (κ1) is 7.46. The Morgan fingerprint density at radius 3 is 3.00 bits per heavy atom. The molecule has 0 aliphatic rings. The zero-order valence-corrected chi connectivity index (χ0v) is 6.03. The molecule has 0 spiro atoms. The highest BCUT2D eigenvalue weighted by molar-refractivity contribution is 5.90. The molecule has 11 heavy (non-hydrogen) atoms. The summed E-state index contributed by atoms with van der Waals surface area (Å²) in [6.07, 6.45) is 1.47. The molecule has 1 amide bonds. The summed E-state index contributed by atoms with van der Waals surface area (Å²) in [5, 5.41) is 2.69. The van der Waals surface area contributed by atoms with Gasteiger partial charge in [-0.15, -0.1) is 0 Å². The first-order valence-corrected chi connectivity index (χ1v) is 3.04. The van der Waals surface area contributed by atoms with E-state index in [0.29, 0.717) is 5.95 Å². The number of nitrogens with two attached hydrogens (primary N) is 1. The maximum Gasteiger partial charge on any atom is 0.267 e. The van der Waals surface area contributed by atoms with Crippen molar-refractivity contribution in [1.29, 1.82) is 0 Å². The molecular formula is C6H8N4O. The van der Waals surface area contributed by atoms with Gasteiger partial charge in [0.1, 0.15) is 5.69 Å². The van der Waals surface area contributed by atoms with E-state index >= 15 is 0 Å². The van der Waals surface area contributed by atoms with E-state index in [4.69, 9.17) is 5.73 Å². The van der Waals surface area contributed by atoms with Gasteiger partial charge < -0.3 is 11.1 Å². The number of nitrogens with one attached hydrogen (secondary N) is 1. The lowest BCUT2D eigenvalue weighted by atomic mass is 10.4. The average Bonchev–Trinajstić information content (AvgIpc) is 2.05. The van der Waals surface area contributed by atoms with Gasteiger partial charge in [0, 0.05) is 13.2 Å². The Morgan fingerprint density at radius 2 is 2.45 bits per heavy atom. The molecule has 0 atom stereocenters. The number of carbonyl (C=O) groups excluding carboxylic acids is 1. The Morgan fingerprint density at radius 1 is 1.73 bits per heavy atom. The molecule has 1 rings (SSSR count). The van der Waals surface area contributed by atoms with E-state index in [1.54, 1.807) is 7.05 Å². The van der Waals surface area contributed by atoms with Crippen molar-refractivity contribution in [2.45, 2.75) is 0 Å². The fourth-order valence-corrected chi connectivity index (χ4v) is 0.616. The molecule has 0 radical (unpaired) electrons. The van der Waals surface area contributed by atoms with E-state index in [0.717, 1.165) is 0 Å². The van der Waals surface area contributed by atoms with E-state index in [2.05, 4.69) is 15.3 Å². The number of nitrogens with zero attached hydrogens (tertiary/aromatic N) is 2. The molecule has 1 aromatic rings. The monoisotopic (exact) mass is 152 g/mol. The molecule has 5 nitrogen and oxygen atoms in total. The fraction of sp³-hybridized carbons (Fsp3) is 0.167. The van der Waals surface area contributed by atoms with E-state index in [9.17, 15) is 4.79 Å². The lowest BCUT2D eigenvalue weighted by Crippen LogP contribution is -2.14. The second-order valence-corrected chi connectivity index (χ2v) is 1.88. The maximum atomic E-state index is 10.6. The van der Waals surface area contributed by atoms with Crippen LogP contribution in [0.25, 0.3) is 0 Å². The van der Waals surface area contributed by atoms with Gasteiger partial charge in [-0.25, -0.2) is 9.97 Å². The van der Waals surface area contributed by atoms with Gasteiger partial charge in [0.05, 0.1) is 0 Å². The number of anilines is 1. The van der Waals surface area contributed by atoms with Crippen molar-refractivity contribution in [2.24, 2.45) is 5.73 Å². The van der Waals surface area contributed by atoms with Crippen LogP contribution in [0.5, 0.6) is 0 Å². The minimum absolute atomic E-state index is 0.212. The minimum Gasteiger partial charge on any atom is -0.364 e. The van der Waals surface area contributed by atoms with Crippen LogP contribution in [-0.4, -0.2) is 22.9 Å². The number of amides is 1. The zero-order chi connectivity index (χ0) is 8.27. The van der Waals surface area contributed by atoms with Crippen LogP contribution in [0, 0.1) is 0 Å². The number of aromatic nitrogens is 2. The first-order valence-electron chi connectivity index (χ1n) is 3.04. The normalized spacial score (nSPS) is 9.18. The van der Waals surface area contributed by atoms with Crippen LogP contribution in [0.15, 0.2) is 12.3 Å². The van der Waals surface area contributed by atoms with Crippen molar-refractivity contribution in [3.8, 4) is 0 Å². The summed E-state index contributed by atoms with van der Waals surface area (Å²) in [5.74, 6) is -0.162. The molecule has 3 N–H and O–H groups in total. The largest absolute Gasteiger partial charge is 0.364 e. The van der Waals surface area contributed by atoms with Gasteiger partial charge in [0.2, 0.25) is 5.95 Å². The molecule has 5 heteroatoms. The molecule has 1 aromatic heterocycles. The Hall–Kier alpha value is -1.65. The zero-order valence-electron chi connectivity index (χ0n) is 6.03. The van der Waals surface area contributed by atoms with Crippen LogP contribution in [0.2, 0.25) is 0 Å². The third kappa shape index (κ3) is 1.64. The maximum absolute atomic E-state index is 10.6. The first-order chi connectivity index (χ1) is 5.24. The van der Waals surface area contributed by atoms with Gasteiger partial charge in [-0.2, -0.15) is 0 Å². The Balaban J connectivity index is 3.01. The minimum atomic E-state index is -0.552. The summed E-state index contributed by atoms with van der Waals surface area (Å²) in [6, 6.07) is 1.46. The number of primary amides is 1. The van der Waals surface area contributed by atoms with E-state index < -0.39 is 5.91 Å². The summed E-state index contributed by atoms with van der Waals surface area (Å²) in [5.41, 5.74) is 5.19. The Labute approximate surface area is 63.7 Å². The number of hydrogen-bond acceptors (Lipinski definition) is 4. The Bertz CT molecular complexity index is 273. The lowest BCUT2D eigenvalue weighted by molar-refractivity contribution is 0.0995. The molecule has 0 bridgehead atoms. The van der Waals surface area contributed by atoms with Crippen molar-refractivity contribution in [3.05, 3.63) is 18.0 Å². The molecule has 0 aliphatic heterocycles.